The number of amides is 1. The number of likely N-dealkylation sites (tertiary alicyclic amines) is 1. The lowest BCUT2D eigenvalue weighted by molar-refractivity contribution is 0.0410. The third kappa shape index (κ3) is 2.14. The molecule has 2 aromatic rings. The minimum atomic E-state index is -0.0748. The van der Waals surface area contributed by atoms with Crippen molar-refractivity contribution < 1.29 is 4.79 Å². The van der Waals surface area contributed by atoms with Crippen LogP contribution in [0.2, 0.25) is 0 Å². The minimum absolute atomic E-state index is 0.0217. The Bertz CT molecular complexity index is 765. The molecule has 7 heteroatoms. The maximum atomic E-state index is 12.5. The van der Waals surface area contributed by atoms with Crippen molar-refractivity contribution >= 4 is 23.1 Å². The molecule has 2 aliphatic heterocycles. The number of carbonyl (C=O) groups is 1. The van der Waals surface area contributed by atoms with Crippen molar-refractivity contribution in [2.45, 2.75) is 32.2 Å². The number of nitrogens with zero attached hydrogens (tertiary/aromatic N) is 5. The number of rotatable bonds is 2. The molecule has 1 amide bonds. The number of aryl methyl sites for hydroxylation is 1. The Kier molecular flexibility index (Phi) is 3.16. The molecule has 0 radical (unpaired) electrons. The van der Waals surface area contributed by atoms with Gasteiger partial charge < -0.3 is 9.80 Å². The molecule has 6 nitrogen and oxygen atoms in total. The number of thiazole rings is 1. The van der Waals surface area contributed by atoms with Gasteiger partial charge in [0.25, 0.3) is 5.91 Å². The van der Waals surface area contributed by atoms with E-state index in [0.29, 0.717) is 24.8 Å². The molecule has 4 heterocycles. The first-order valence-electron chi connectivity index (χ1n) is 7.80. The van der Waals surface area contributed by atoms with Crippen LogP contribution in [0.3, 0.4) is 0 Å². The zero-order valence-electron chi connectivity index (χ0n) is 13.5. The van der Waals surface area contributed by atoms with E-state index in [1.807, 2.05) is 17.2 Å². The van der Waals surface area contributed by atoms with Gasteiger partial charge in [-0.2, -0.15) is 0 Å². The van der Waals surface area contributed by atoms with Gasteiger partial charge in [-0.05, 0) is 20.8 Å². The second-order valence-corrected chi connectivity index (χ2v) is 7.71. The molecule has 0 bridgehead atoms. The van der Waals surface area contributed by atoms with Crippen LogP contribution in [-0.4, -0.2) is 51.4 Å². The lowest BCUT2D eigenvalue weighted by Crippen LogP contribution is -2.63. The van der Waals surface area contributed by atoms with E-state index >= 15 is 0 Å². The summed E-state index contributed by atoms with van der Waals surface area (Å²) in [6.45, 7) is 8.51. The largest absolute Gasteiger partial charge is 0.352 e. The second-order valence-electron chi connectivity index (χ2n) is 6.64. The normalized spacial score (nSPS) is 18.4. The van der Waals surface area contributed by atoms with E-state index in [1.165, 1.54) is 11.3 Å². The summed E-state index contributed by atoms with van der Waals surface area (Å²) in [5, 5.41) is 2.76. The zero-order valence-corrected chi connectivity index (χ0v) is 14.3. The third-order valence-electron chi connectivity index (χ3n) is 4.66. The molecule has 4 rings (SSSR count). The topological polar surface area (TPSA) is 62.2 Å². The molecule has 0 unspecified atom stereocenters. The third-order valence-corrected chi connectivity index (χ3v) is 5.44. The predicted octanol–water partition coefficient (Wildman–Crippen LogP) is 1.86. The van der Waals surface area contributed by atoms with Gasteiger partial charge in [-0.3, -0.25) is 9.78 Å². The van der Waals surface area contributed by atoms with Crippen LogP contribution in [0.15, 0.2) is 17.8 Å². The van der Waals surface area contributed by atoms with Gasteiger partial charge in [0.05, 0.1) is 16.1 Å². The summed E-state index contributed by atoms with van der Waals surface area (Å²) < 4.78 is 0. The summed E-state index contributed by atoms with van der Waals surface area (Å²) in [5.74, 6) is 0.993. The average Bonchev–Trinajstić information content (AvgIpc) is 3.07. The Labute approximate surface area is 139 Å². The molecule has 2 aliphatic rings. The van der Waals surface area contributed by atoms with Gasteiger partial charge >= 0.3 is 0 Å². The molecule has 2 aromatic heterocycles. The Morgan fingerprint density at radius 1 is 1.26 bits per heavy atom. The van der Waals surface area contributed by atoms with Gasteiger partial charge in [0.2, 0.25) is 0 Å². The Morgan fingerprint density at radius 2 is 2.00 bits per heavy atom. The van der Waals surface area contributed by atoms with Crippen molar-refractivity contribution in [3.63, 3.8) is 0 Å². The zero-order chi connectivity index (χ0) is 16.2. The van der Waals surface area contributed by atoms with Crippen LogP contribution in [-0.2, 0) is 5.41 Å². The first-order valence-corrected chi connectivity index (χ1v) is 8.68. The summed E-state index contributed by atoms with van der Waals surface area (Å²) in [7, 11) is 0. The summed E-state index contributed by atoms with van der Waals surface area (Å²) in [6, 6.07) is 0.371. The molecule has 0 atom stereocenters. The van der Waals surface area contributed by atoms with E-state index in [0.717, 1.165) is 23.1 Å². The van der Waals surface area contributed by atoms with E-state index in [9.17, 15) is 4.79 Å². The fraction of sp³-hybridized carbons (Fsp3) is 0.500. The quantitative estimate of drug-likeness (QED) is 0.841. The van der Waals surface area contributed by atoms with Crippen molar-refractivity contribution in [2.75, 3.05) is 24.5 Å². The average molecular weight is 329 g/mol. The van der Waals surface area contributed by atoms with Gasteiger partial charge in [-0.15, -0.1) is 11.3 Å². The SMILES string of the molecule is Cc1nc(C(=O)N2CC3(C2)CN(C(C)C)c2nccnc23)cs1. The number of fused-ring (bicyclic) bond motifs is 2. The van der Waals surface area contributed by atoms with Crippen LogP contribution in [0.5, 0.6) is 0 Å². The number of hydrogen-bond acceptors (Lipinski definition) is 6. The summed E-state index contributed by atoms with van der Waals surface area (Å²) in [6.07, 6.45) is 3.49. The van der Waals surface area contributed by atoms with Crippen LogP contribution >= 0.6 is 11.3 Å². The molecule has 23 heavy (non-hydrogen) atoms. The molecule has 1 spiro atoms. The first-order chi connectivity index (χ1) is 11.0. The van der Waals surface area contributed by atoms with E-state index in [-0.39, 0.29) is 11.3 Å². The molecule has 0 N–H and O–H groups in total. The number of carbonyl (C=O) groups excluding carboxylic acids is 1. The fourth-order valence-corrected chi connectivity index (χ4v) is 4.11. The minimum Gasteiger partial charge on any atom is -0.352 e. The Morgan fingerprint density at radius 3 is 2.65 bits per heavy atom. The highest BCUT2D eigenvalue weighted by Crippen LogP contribution is 2.45. The van der Waals surface area contributed by atoms with E-state index in [1.54, 1.807) is 12.4 Å². The van der Waals surface area contributed by atoms with Crippen molar-refractivity contribution in [1.82, 2.24) is 19.9 Å². The standard InChI is InChI=1S/C16H19N5OS/c1-10(2)21-9-16(13-14(21)18-5-4-17-13)7-20(8-16)15(22)12-6-23-11(3)19-12/h4-6,10H,7-9H2,1-3H3. The first kappa shape index (κ1) is 14.6. The fourth-order valence-electron chi connectivity index (χ4n) is 3.52. The van der Waals surface area contributed by atoms with Crippen LogP contribution in [0.25, 0.3) is 0 Å². The number of hydrogen-bond donors (Lipinski definition) is 0. The van der Waals surface area contributed by atoms with Crippen molar-refractivity contribution in [2.24, 2.45) is 0 Å². The summed E-state index contributed by atoms with van der Waals surface area (Å²) >= 11 is 1.51. The van der Waals surface area contributed by atoms with E-state index in [4.69, 9.17) is 0 Å². The van der Waals surface area contributed by atoms with Gasteiger partial charge in [0.1, 0.15) is 5.69 Å². The van der Waals surface area contributed by atoms with Crippen LogP contribution in [0, 0.1) is 6.92 Å². The van der Waals surface area contributed by atoms with E-state index < -0.39 is 0 Å². The van der Waals surface area contributed by atoms with Crippen LogP contribution in [0.4, 0.5) is 5.82 Å². The van der Waals surface area contributed by atoms with Crippen molar-refractivity contribution in [3.8, 4) is 0 Å². The maximum Gasteiger partial charge on any atom is 0.273 e. The molecule has 0 aromatic carbocycles. The predicted molar refractivity (Wildman–Crippen MR) is 88.9 cm³/mol. The summed E-state index contributed by atoms with van der Waals surface area (Å²) in [4.78, 5) is 30.1. The smallest absolute Gasteiger partial charge is 0.273 e. The highest BCUT2D eigenvalue weighted by atomic mass is 32.1. The Hall–Kier alpha value is -2.02. The van der Waals surface area contributed by atoms with Crippen LogP contribution < -0.4 is 4.90 Å². The van der Waals surface area contributed by atoms with Gasteiger partial charge in [-0.1, -0.05) is 0 Å². The lowest BCUT2D eigenvalue weighted by Gasteiger charge is -2.47. The molecular weight excluding hydrogens is 310 g/mol. The molecule has 0 saturated carbocycles. The van der Waals surface area contributed by atoms with Gasteiger partial charge in [0.15, 0.2) is 5.82 Å². The number of aromatic nitrogens is 3. The molecule has 1 saturated heterocycles. The molecule has 0 aliphatic carbocycles. The summed E-state index contributed by atoms with van der Waals surface area (Å²) in [5.41, 5.74) is 1.52. The second kappa shape index (κ2) is 4.99. The van der Waals surface area contributed by atoms with Gasteiger partial charge in [0, 0.05) is 43.4 Å². The highest BCUT2D eigenvalue weighted by Gasteiger charge is 2.55. The van der Waals surface area contributed by atoms with Crippen molar-refractivity contribution in [1.29, 1.82) is 0 Å². The van der Waals surface area contributed by atoms with Gasteiger partial charge in [-0.25, -0.2) is 9.97 Å². The molecule has 1 fully saturated rings. The molecular formula is C16H19N5OS. The lowest BCUT2D eigenvalue weighted by atomic mass is 9.78. The van der Waals surface area contributed by atoms with Crippen LogP contribution in [0.1, 0.15) is 35.0 Å². The maximum absolute atomic E-state index is 12.5. The highest BCUT2D eigenvalue weighted by molar-refractivity contribution is 7.09. The van der Waals surface area contributed by atoms with Crippen molar-refractivity contribution in [3.05, 3.63) is 34.2 Å². The molecule has 120 valence electrons. The monoisotopic (exact) mass is 329 g/mol. The van der Waals surface area contributed by atoms with E-state index in [2.05, 4.69) is 33.7 Å². The number of anilines is 1. The Balaban J connectivity index is 1.58.